The highest BCUT2D eigenvalue weighted by molar-refractivity contribution is 5.56. The van der Waals surface area contributed by atoms with Crippen molar-refractivity contribution in [3.05, 3.63) is 36.5 Å². The molecule has 0 saturated heterocycles. The van der Waals surface area contributed by atoms with Crippen molar-refractivity contribution in [1.82, 2.24) is 14.8 Å². The van der Waals surface area contributed by atoms with Crippen molar-refractivity contribution < 1.29 is 4.39 Å². The molecule has 0 aromatic carbocycles. The molecule has 2 aromatic rings. The van der Waals surface area contributed by atoms with E-state index in [1.165, 1.54) is 12.3 Å². The maximum absolute atomic E-state index is 12.8. The van der Waals surface area contributed by atoms with Crippen LogP contribution in [-0.4, -0.2) is 14.8 Å². The lowest BCUT2D eigenvalue weighted by atomic mass is 10.2. The van der Waals surface area contributed by atoms with Crippen molar-refractivity contribution in [3.8, 4) is 11.3 Å². The molecule has 2 rings (SSSR count). The van der Waals surface area contributed by atoms with Crippen LogP contribution in [0.3, 0.4) is 0 Å². The first-order valence-electron chi connectivity index (χ1n) is 4.44. The molecule has 0 saturated carbocycles. The minimum Gasteiger partial charge on any atom is -0.272 e. The third kappa shape index (κ3) is 1.64. The fourth-order valence-corrected chi connectivity index (χ4v) is 1.24. The van der Waals surface area contributed by atoms with Gasteiger partial charge in [-0.3, -0.25) is 9.67 Å². The van der Waals surface area contributed by atoms with Crippen molar-refractivity contribution >= 4 is 0 Å². The molecule has 14 heavy (non-hydrogen) atoms. The number of aromatic nitrogens is 3. The third-order valence-electron chi connectivity index (χ3n) is 1.97. The SMILES string of the molecule is CCn1ccc(-c2cncc(F)c2)n1. The third-order valence-corrected chi connectivity index (χ3v) is 1.97. The zero-order valence-corrected chi connectivity index (χ0v) is 7.81. The summed E-state index contributed by atoms with van der Waals surface area (Å²) < 4.78 is 14.6. The minimum atomic E-state index is -0.339. The van der Waals surface area contributed by atoms with Gasteiger partial charge in [-0.15, -0.1) is 0 Å². The predicted molar refractivity (Wildman–Crippen MR) is 51.1 cm³/mol. The summed E-state index contributed by atoms with van der Waals surface area (Å²) in [5.41, 5.74) is 1.45. The van der Waals surface area contributed by atoms with Gasteiger partial charge in [-0.25, -0.2) is 4.39 Å². The minimum absolute atomic E-state index is 0.339. The van der Waals surface area contributed by atoms with Crippen LogP contribution in [0.4, 0.5) is 4.39 Å². The van der Waals surface area contributed by atoms with E-state index in [1.54, 1.807) is 10.9 Å². The first kappa shape index (κ1) is 8.87. The van der Waals surface area contributed by atoms with Crippen LogP contribution in [0.1, 0.15) is 6.92 Å². The van der Waals surface area contributed by atoms with Crippen LogP contribution < -0.4 is 0 Å². The Morgan fingerprint density at radius 3 is 2.93 bits per heavy atom. The van der Waals surface area contributed by atoms with E-state index in [1.807, 2.05) is 19.2 Å². The molecular weight excluding hydrogens is 181 g/mol. The van der Waals surface area contributed by atoms with E-state index in [0.717, 1.165) is 12.2 Å². The number of hydrogen-bond acceptors (Lipinski definition) is 2. The molecule has 0 amide bonds. The molecule has 0 N–H and O–H groups in total. The molecule has 3 nitrogen and oxygen atoms in total. The first-order valence-corrected chi connectivity index (χ1v) is 4.44. The topological polar surface area (TPSA) is 30.7 Å². The molecule has 0 fully saturated rings. The summed E-state index contributed by atoms with van der Waals surface area (Å²) in [5, 5.41) is 4.25. The van der Waals surface area contributed by atoms with Gasteiger partial charge < -0.3 is 0 Å². The summed E-state index contributed by atoms with van der Waals surface area (Å²) in [7, 11) is 0. The number of halogens is 1. The Kier molecular flexibility index (Phi) is 2.26. The number of rotatable bonds is 2. The average molecular weight is 191 g/mol. The second kappa shape index (κ2) is 3.57. The molecule has 0 aliphatic carbocycles. The molecule has 2 aromatic heterocycles. The smallest absolute Gasteiger partial charge is 0.142 e. The van der Waals surface area contributed by atoms with Gasteiger partial charge in [0.15, 0.2) is 0 Å². The van der Waals surface area contributed by atoms with Crippen LogP contribution >= 0.6 is 0 Å². The quantitative estimate of drug-likeness (QED) is 0.727. The molecule has 0 spiro atoms. The van der Waals surface area contributed by atoms with Crippen LogP contribution in [0, 0.1) is 5.82 Å². The van der Waals surface area contributed by atoms with Crippen molar-refractivity contribution in [2.75, 3.05) is 0 Å². The lowest BCUT2D eigenvalue weighted by molar-refractivity contribution is 0.621. The second-order valence-corrected chi connectivity index (χ2v) is 2.95. The Bertz CT molecular complexity index is 436. The molecule has 0 atom stereocenters. The van der Waals surface area contributed by atoms with Gasteiger partial charge in [0.25, 0.3) is 0 Å². The summed E-state index contributed by atoms with van der Waals surface area (Å²) in [6.07, 6.45) is 4.64. The van der Waals surface area contributed by atoms with E-state index in [-0.39, 0.29) is 5.82 Å². The first-order chi connectivity index (χ1) is 6.79. The summed E-state index contributed by atoms with van der Waals surface area (Å²) >= 11 is 0. The summed E-state index contributed by atoms with van der Waals surface area (Å²) in [4.78, 5) is 3.77. The Hall–Kier alpha value is -1.71. The van der Waals surface area contributed by atoms with Gasteiger partial charge in [0, 0.05) is 24.5 Å². The molecule has 72 valence electrons. The van der Waals surface area contributed by atoms with Gasteiger partial charge in [0.1, 0.15) is 5.82 Å². The van der Waals surface area contributed by atoms with Gasteiger partial charge in [-0.1, -0.05) is 0 Å². The van der Waals surface area contributed by atoms with Crippen LogP contribution in [0.25, 0.3) is 11.3 Å². The van der Waals surface area contributed by atoms with Crippen molar-refractivity contribution in [1.29, 1.82) is 0 Å². The Morgan fingerprint density at radius 1 is 1.43 bits per heavy atom. The zero-order chi connectivity index (χ0) is 9.97. The highest BCUT2D eigenvalue weighted by Gasteiger charge is 2.02. The van der Waals surface area contributed by atoms with E-state index in [2.05, 4.69) is 10.1 Å². The maximum Gasteiger partial charge on any atom is 0.142 e. The highest BCUT2D eigenvalue weighted by Crippen LogP contribution is 2.16. The maximum atomic E-state index is 12.8. The van der Waals surface area contributed by atoms with E-state index in [0.29, 0.717) is 5.56 Å². The van der Waals surface area contributed by atoms with Crippen molar-refractivity contribution in [2.45, 2.75) is 13.5 Å². The molecular formula is C10H10FN3. The van der Waals surface area contributed by atoms with E-state index < -0.39 is 0 Å². The molecule has 0 unspecified atom stereocenters. The van der Waals surface area contributed by atoms with E-state index in [4.69, 9.17) is 0 Å². The van der Waals surface area contributed by atoms with Gasteiger partial charge in [0.05, 0.1) is 11.9 Å². The van der Waals surface area contributed by atoms with Crippen LogP contribution in [0.2, 0.25) is 0 Å². The van der Waals surface area contributed by atoms with Gasteiger partial charge >= 0.3 is 0 Å². The highest BCUT2D eigenvalue weighted by atomic mass is 19.1. The Labute approximate surface area is 81.2 Å². The molecule has 0 aliphatic heterocycles. The fraction of sp³-hybridized carbons (Fsp3) is 0.200. The largest absolute Gasteiger partial charge is 0.272 e. The molecule has 0 radical (unpaired) electrons. The lowest BCUT2D eigenvalue weighted by Gasteiger charge is -1.96. The van der Waals surface area contributed by atoms with Gasteiger partial charge in [-0.2, -0.15) is 5.10 Å². The number of hydrogen-bond donors (Lipinski definition) is 0. The van der Waals surface area contributed by atoms with Crippen molar-refractivity contribution in [3.63, 3.8) is 0 Å². The predicted octanol–water partition coefficient (Wildman–Crippen LogP) is 2.10. The van der Waals surface area contributed by atoms with Gasteiger partial charge in [0.2, 0.25) is 0 Å². The standard InChI is InChI=1S/C10H10FN3/c1-2-14-4-3-10(13-14)8-5-9(11)7-12-6-8/h3-7H,2H2,1H3. The van der Waals surface area contributed by atoms with Crippen LogP contribution in [0.5, 0.6) is 0 Å². The number of pyridine rings is 1. The number of aryl methyl sites for hydroxylation is 1. The van der Waals surface area contributed by atoms with Crippen LogP contribution in [-0.2, 0) is 6.54 Å². The molecule has 4 heteroatoms. The van der Waals surface area contributed by atoms with E-state index in [9.17, 15) is 4.39 Å². The number of nitrogens with zero attached hydrogens (tertiary/aromatic N) is 3. The average Bonchev–Trinajstić information content (AvgIpc) is 2.66. The fourth-order valence-electron chi connectivity index (χ4n) is 1.24. The normalized spacial score (nSPS) is 10.4. The molecule has 0 bridgehead atoms. The lowest BCUT2D eigenvalue weighted by Crippen LogP contribution is -1.94. The second-order valence-electron chi connectivity index (χ2n) is 2.95. The Morgan fingerprint density at radius 2 is 2.29 bits per heavy atom. The monoisotopic (exact) mass is 191 g/mol. The summed E-state index contributed by atoms with van der Waals surface area (Å²) in [6.45, 7) is 2.81. The molecule has 2 heterocycles. The summed E-state index contributed by atoms with van der Waals surface area (Å²) in [5.74, 6) is -0.339. The Balaban J connectivity index is 2.39. The van der Waals surface area contributed by atoms with E-state index >= 15 is 0 Å². The van der Waals surface area contributed by atoms with Gasteiger partial charge in [-0.05, 0) is 19.1 Å². The molecule has 0 aliphatic rings. The van der Waals surface area contributed by atoms with Crippen LogP contribution in [0.15, 0.2) is 30.7 Å². The van der Waals surface area contributed by atoms with Crippen molar-refractivity contribution in [2.24, 2.45) is 0 Å². The zero-order valence-electron chi connectivity index (χ0n) is 7.81. The summed E-state index contributed by atoms with van der Waals surface area (Å²) in [6, 6.07) is 3.27.